The summed E-state index contributed by atoms with van der Waals surface area (Å²) in [6.45, 7) is 9.50. The van der Waals surface area contributed by atoms with Crippen LogP contribution < -0.4 is 0 Å². The number of allylic oxidation sites excluding steroid dienone is 2. The van der Waals surface area contributed by atoms with Crippen molar-refractivity contribution >= 4 is 5.57 Å². The summed E-state index contributed by atoms with van der Waals surface area (Å²) < 4.78 is 0. The molecule has 2 aliphatic rings. The molecular weight excluding hydrogens is 242 g/mol. The molecule has 0 spiro atoms. The van der Waals surface area contributed by atoms with Crippen LogP contribution in [-0.2, 0) is 17.3 Å². The summed E-state index contributed by atoms with van der Waals surface area (Å²) in [4.78, 5) is 0. The fourth-order valence-corrected chi connectivity index (χ4v) is 4.05. The quantitative estimate of drug-likeness (QED) is 0.613. The third-order valence-corrected chi connectivity index (χ3v) is 5.32. The van der Waals surface area contributed by atoms with Crippen molar-refractivity contribution in [1.29, 1.82) is 5.26 Å². The molecule has 1 aromatic rings. The van der Waals surface area contributed by atoms with Crippen LogP contribution in [0.5, 0.6) is 0 Å². The van der Waals surface area contributed by atoms with Gasteiger partial charge in [0.15, 0.2) is 0 Å². The van der Waals surface area contributed by atoms with Crippen LogP contribution in [0.2, 0.25) is 0 Å². The predicted octanol–water partition coefficient (Wildman–Crippen LogP) is 4.89. The minimum absolute atomic E-state index is 0.262. The Morgan fingerprint density at radius 2 is 1.75 bits per heavy atom. The molecule has 0 heterocycles. The summed E-state index contributed by atoms with van der Waals surface area (Å²) in [6.07, 6.45) is 6.37. The molecule has 1 nitrogen and oxygen atoms in total. The Morgan fingerprint density at radius 3 is 2.45 bits per heavy atom. The third-order valence-electron chi connectivity index (χ3n) is 5.32. The van der Waals surface area contributed by atoms with E-state index < -0.39 is 0 Å². The van der Waals surface area contributed by atoms with Gasteiger partial charge in [-0.3, -0.25) is 0 Å². The highest BCUT2D eigenvalue weighted by Gasteiger charge is 2.40. The standard InChI is InChI=1S/C19H23N/c1-18(2)10-11-19(3,4)17-15-6-5-13(9-12-20)14(15)7-8-16(17)18/h7-9H,5-6,10-11H2,1-4H3. The van der Waals surface area contributed by atoms with Gasteiger partial charge in [0.1, 0.15) is 0 Å². The first-order chi connectivity index (χ1) is 9.37. The Bertz CT molecular complexity index is 638. The lowest BCUT2D eigenvalue weighted by Crippen LogP contribution is -2.35. The van der Waals surface area contributed by atoms with Crippen molar-refractivity contribution < 1.29 is 0 Å². The molecule has 0 N–H and O–H groups in total. The van der Waals surface area contributed by atoms with Crippen LogP contribution in [0, 0.1) is 11.3 Å². The van der Waals surface area contributed by atoms with Gasteiger partial charge < -0.3 is 0 Å². The van der Waals surface area contributed by atoms with E-state index in [1.807, 2.05) is 0 Å². The highest BCUT2D eigenvalue weighted by Crippen LogP contribution is 2.50. The molecule has 0 aromatic heterocycles. The molecule has 3 rings (SSSR count). The van der Waals surface area contributed by atoms with Gasteiger partial charge in [0.05, 0.1) is 6.07 Å². The van der Waals surface area contributed by atoms with Crippen LogP contribution in [0.4, 0.5) is 0 Å². The van der Waals surface area contributed by atoms with Gasteiger partial charge in [-0.1, -0.05) is 39.8 Å². The van der Waals surface area contributed by atoms with E-state index in [4.69, 9.17) is 5.26 Å². The van der Waals surface area contributed by atoms with Crippen LogP contribution in [0.1, 0.15) is 69.2 Å². The Labute approximate surface area is 122 Å². The molecule has 0 fully saturated rings. The first-order valence-corrected chi connectivity index (χ1v) is 7.63. The zero-order chi connectivity index (χ0) is 14.5. The van der Waals surface area contributed by atoms with E-state index in [1.165, 1.54) is 35.1 Å². The van der Waals surface area contributed by atoms with E-state index in [1.54, 1.807) is 11.6 Å². The molecule has 1 aromatic carbocycles. The van der Waals surface area contributed by atoms with Crippen molar-refractivity contribution in [3.05, 3.63) is 40.5 Å². The second-order valence-electron chi connectivity index (χ2n) is 7.58. The molecule has 0 saturated carbocycles. The monoisotopic (exact) mass is 265 g/mol. The lowest BCUT2D eigenvalue weighted by Gasteiger charge is -2.43. The number of benzene rings is 1. The number of rotatable bonds is 0. The maximum atomic E-state index is 8.95. The lowest BCUT2D eigenvalue weighted by molar-refractivity contribution is 0.330. The normalized spacial score (nSPS) is 24.1. The zero-order valence-electron chi connectivity index (χ0n) is 13.0. The first kappa shape index (κ1) is 13.4. The van der Waals surface area contributed by atoms with Gasteiger partial charge in [0.2, 0.25) is 0 Å². The summed E-state index contributed by atoms with van der Waals surface area (Å²) in [5, 5.41) is 8.95. The number of nitriles is 1. The molecule has 1 heteroatoms. The molecule has 0 saturated heterocycles. The average Bonchev–Trinajstić information content (AvgIpc) is 2.78. The summed E-state index contributed by atoms with van der Waals surface area (Å²) >= 11 is 0. The van der Waals surface area contributed by atoms with Gasteiger partial charge in [-0.25, -0.2) is 0 Å². The maximum absolute atomic E-state index is 8.95. The molecule has 0 bridgehead atoms. The van der Waals surface area contributed by atoms with Crippen molar-refractivity contribution in [2.24, 2.45) is 0 Å². The van der Waals surface area contributed by atoms with Gasteiger partial charge in [-0.05, 0) is 64.3 Å². The highest BCUT2D eigenvalue weighted by molar-refractivity contribution is 5.76. The predicted molar refractivity (Wildman–Crippen MR) is 83.6 cm³/mol. The van der Waals surface area contributed by atoms with Gasteiger partial charge >= 0.3 is 0 Å². The van der Waals surface area contributed by atoms with Crippen molar-refractivity contribution in [3.8, 4) is 6.07 Å². The molecule has 0 amide bonds. The fraction of sp³-hybridized carbons (Fsp3) is 0.526. The van der Waals surface area contributed by atoms with E-state index in [-0.39, 0.29) is 10.8 Å². The fourth-order valence-electron chi connectivity index (χ4n) is 4.05. The summed E-state index contributed by atoms with van der Waals surface area (Å²) in [5.41, 5.74) is 7.72. The highest BCUT2D eigenvalue weighted by atomic mass is 14.4. The minimum Gasteiger partial charge on any atom is -0.193 e. The smallest absolute Gasteiger partial charge is 0.0915 e. The second-order valence-corrected chi connectivity index (χ2v) is 7.58. The topological polar surface area (TPSA) is 23.8 Å². The molecule has 0 atom stereocenters. The SMILES string of the molecule is CC1(C)CCC(C)(C)c2c1ccc1c2CCC1=CC#N. The molecule has 2 aliphatic carbocycles. The number of fused-ring (bicyclic) bond motifs is 3. The van der Waals surface area contributed by atoms with Gasteiger partial charge in [-0.15, -0.1) is 0 Å². The van der Waals surface area contributed by atoms with E-state index in [0.717, 1.165) is 12.8 Å². The van der Waals surface area contributed by atoms with Gasteiger partial charge in [0, 0.05) is 6.08 Å². The molecule has 0 unspecified atom stereocenters. The van der Waals surface area contributed by atoms with Crippen LogP contribution in [0.15, 0.2) is 18.2 Å². The van der Waals surface area contributed by atoms with Crippen LogP contribution in [-0.4, -0.2) is 0 Å². The number of hydrogen-bond donors (Lipinski definition) is 0. The van der Waals surface area contributed by atoms with E-state index in [9.17, 15) is 0 Å². The van der Waals surface area contributed by atoms with Crippen molar-refractivity contribution in [3.63, 3.8) is 0 Å². The Balaban J connectivity index is 2.28. The van der Waals surface area contributed by atoms with E-state index in [0.29, 0.717) is 0 Å². The van der Waals surface area contributed by atoms with Crippen LogP contribution in [0.25, 0.3) is 5.57 Å². The zero-order valence-corrected chi connectivity index (χ0v) is 13.0. The number of nitrogens with zero attached hydrogens (tertiary/aromatic N) is 1. The molecular formula is C19H23N. The van der Waals surface area contributed by atoms with Crippen LogP contribution in [0.3, 0.4) is 0 Å². The Morgan fingerprint density at radius 1 is 1.05 bits per heavy atom. The molecule has 0 radical (unpaired) electrons. The molecule has 0 aliphatic heterocycles. The van der Waals surface area contributed by atoms with E-state index >= 15 is 0 Å². The second kappa shape index (κ2) is 4.22. The molecule has 20 heavy (non-hydrogen) atoms. The summed E-state index contributed by atoms with van der Waals surface area (Å²) in [7, 11) is 0. The third kappa shape index (κ3) is 1.82. The first-order valence-electron chi connectivity index (χ1n) is 7.63. The van der Waals surface area contributed by atoms with E-state index in [2.05, 4.69) is 45.9 Å². The van der Waals surface area contributed by atoms with Crippen molar-refractivity contribution in [2.75, 3.05) is 0 Å². The average molecular weight is 265 g/mol. The Hall–Kier alpha value is -1.55. The minimum atomic E-state index is 0.262. The number of hydrogen-bond acceptors (Lipinski definition) is 1. The van der Waals surface area contributed by atoms with Gasteiger partial charge in [-0.2, -0.15) is 5.26 Å². The summed E-state index contributed by atoms with van der Waals surface area (Å²) in [6, 6.07) is 6.79. The summed E-state index contributed by atoms with van der Waals surface area (Å²) in [5.74, 6) is 0. The van der Waals surface area contributed by atoms with Crippen molar-refractivity contribution in [2.45, 2.75) is 64.2 Å². The largest absolute Gasteiger partial charge is 0.193 e. The van der Waals surface area contributed by atoms with Gasteiger partial charge in [0.25, 0.3) is 0 Å². The molecule has 104 valence electrons. The van der Waals surface area contributed by atoms with Crippen LogP contribution >= 0.6 is 0 Å². The lowest BCUT2D eigenvalue weighted by atomic mass is 9.61. The Kier molecular flexibility index (Phi) is 2.83. The maximum Gasteiger partial charge on any atom is 0.0915 e. The van der Waals surface area contributed by atoms with Crippen molar-refractivity contribution in [1.82, 2.24) is 0 Å².